The van der Waals surface area contributed by atoms with Gasteiger partial charge in [0.15, 0.2) is 0 Å². The molecule has 0 aliphatic carbocycles. The first-order chi connectivity index (χ1) is 12.1. The molecule has 150 valence electrons. The van der Waals surface area contributed by atoms with Crippen molar-refractivity contribution < 1.29 is 45.8 Å². The van der Waals surface area contributed by atoms with Crippen molar-refractivity contribution in [1.29, 1.82) is 0 Å². The second-order valence-electron chi connectivity index (χ2n) is 7.36. The number of ether oxygens (including phenoxy) is 3. The first-order valence-electron chi connectivity index (χ1n) is 7.79. The molecule has 1 fully saturated rings. The highest BCUT2D eigenvalue weighted by atomic mass is 19.2. The molecule has 1 aromatic carbocycles. The van der Waals surface area contributed by atoms with E-state index in [9.17, 15) is 31.5 Å². The number of hydrogen-bond donors (Lipinski definition) is 0. The monoisotopic (exact) mass is 396 g/mol. The van der Waals surface area contributed by atoms with Crippen LogP contribution in [0.2, 0.25) is 0 Å². The summed E-state index contributed by atoms with van der Waals surface area (Å²) in [6.07, 6.45) is -1.59. The van der Waals surface area contributed by atoms with E-state index in [1.807, 2.05) is 0 Å². The number of hydrogen-bond acceptors (Lipinski definition) is 5. The number of benzene rings is 1. The second kappa shape index (κ2) is 6.35. The molecular weight excluding hydrogens is 379 g/mol. The van der Waals surface area contributed by atoms with Gasteiger partial charge in [0.2, 0.25) is 34.8 Å². The van der Waals surface area contributed by atoms with Gasteiger partial charge >= 0.3 is 12.1 Å². The maximum absolute atomic E-state index is 13.7. The smallest absolute Gasteiger partial charge is 0.427 e. The van der Waals surface area contributed by atoms with Crippen LogP contribution in [0, 0.1) is 34.5 Å². The van der Waals surface area contributed by atoms with E-state index in [4.69, 9.17) is 9.47 Å². The number of carbonyl (C=O) groups is 2. The topological polar surface area (TPSA) is 61.8 Å². The van der Waals surface area contributed by atoms with Crippen LogP contribution in [0.3, 0.4) is 0 Å². The zero-order valence-electron chi connectivity index (χ0n) is 15.1. The standard InChI is InChI=1S/C17H17F5O5/c1-15(2)17(5,16(3,4)27-14(24)26-15)6-7(23)25-13-11(21)9(19)8(18)10(20)12(13)22/h6H2,1-5H3. The third-order valence-electron chi connectivity index (χ3n) is 5.22. The van der Waals surface area contributed by atoms with Crippen molar-refractivity contribution >= 4 is 12.1 Å². The molecule has 2 rings (SSSR count). The predicted octanol–water partition coefficient (Wildman–Crippen LogP) is 4.41. The molecule has 1 saturated heterocycles. The molecule has 1 heterocycles. The summed E-state index contributed by atoms with van der Waals surface area (Å²) in [5.74, 6) is -14.4. The molecular formula is C17H17F5O5. The molecule has 0 bridgehead atoms. The zero-order valence-corrected chi connectivity index (χ0v) is 15.1. The summed E-state index contributed by atoms with van der Waals surface area (Å²) in [4.78, 5) is 23.8. The summed E-state index contributed by atoms with van der Waals surface area (Å²) in [5.41, 5.74) is -3.82. The molecule has 1 aromatic rings. The number of rotatable bonds is 3. The van der Waals surface area contributed by atoms with Gasteiger partial charge in [-0.3, -0.25) is 4.79 Å². The molecule has 0 atom stereocenters. The van der Waals surface area contributed by atoms with E-state index in [1.54, 1.807) is 0 Å². The van der Waals surface area contributed by atoms with Crippen LogP contribution < -0.4 is 4.74 Å². The van der Waals surface area contributed by atoms with Crippen molar-refractivity contribution in [1.82, 2.24) is 0 Å². The minimum atomic E-state index is -2.37. The Kier molecular flexibility index (Phi) is 4.92. The Bertz CT molecular complexity index is 769. The van der Waals surface area contributed by atoms with Gasteiger partial charge in [0.25, 0.3) is 0 Å². The Morgan fingerprint density at radius 2 is 1.19 bits per heavy atom. The minimum absolute atomic E-state index is 0.611. The largest absolute Gasteiger partial charge is 0.509 e. The van der Waals surface area contributed by atoms with Crippen LogP contribution in [-0.4, -0.2) is 23.3 Å². The maximum atomic E-state index is 13.7. The van der Waals surface area contributed by atoms with Crippen LogP contribution in [0.5, 0.6) is 5.75 Å². The van der Waals surface area contributed by atoms with Gasteiger partial charge < -0.3 is 14.2 Å². The van der Waals surface area contributed by atoms with E-state index >= 15 is 0 Å². The summed E-state index contributed by atoms with van der Waals surface area (Å²) in [5, 5.41) is 0. The fourth-order valence-corrected chi connectivity index (χ4v) is 2.93. The number of cyclic esters (lactones) is 2. The molecule has 0 radical (unpaired) electrons. The lowest BCUT2D eigenvalue weighted by atomic mass is 9.62. The number of esters is 1. The van der Waals surface area contributed by atoms with Crippen molar-refractivity contribution in [3.05, 3.63) is 29.1 Å². The summed E-state index contributed by atoms with van der Waals surface area (Å²) in [6.45, 7) is 7.45. The lowest BCUT2D eigenvalue weighted by Gasteiger charge is -2.54. The SMILES string of the molecule is CC1(C)OC(=O)OC(C)(C)C1(C)CC(=O)Oc1c(F)c(F)c(F)c(F)c1F. The van der Waals surface area contributed by atoms with Gasteiger partial charge in [-0.25, -0.2) is 18.0 Å². The second-order valence-corrected chi connectivity index (χ2v) is 7.36. The van der Waals surface area contributed by atoms with Crippen molar-refractivity contribution in [3.63, 3.8) is 0 Å². The van der Waals surface area contributed by atoms with Crippen LogP contribution in [0.4, 0.5) is 26.7 Å². The summed E-state index contributed by atoms with van der Waals surface area (Å²) >= 11 is 0. The van der Waals surface area contributed by atoms with Crippen LogP contribution >= 0.6 is 0 Å². The van der Waals surface area contributed by atoms with Gasteiger partial charge in [0.05, 0.1) is 11.8 Å². The average Bonchev–Trinajstić information content (AvgIpc) is 2.52. The molecule has 1 aliphatic heterocycles. The fraction of sp³-hybridized carbons (Fsp3) is 0.529. The molecule has 0 aromatic heterocycles. The Balaban J connectivity index is 2.37. The summed E-state index contributed by atoms with van der Waals surface area (Å²) in [6, 6.07) is 0. The van der Waals surface area contributed by atoms with Gasteiger partial charge in [-0.15, -0.1) is 0 Å². The first kappa shape index (κ1) is 20.9. The third kappa shape index (κ3) is 3.21. The molecule has 10 heteroatoms. The highest BCUT2D eigenvalue weighted by Gasteiger charge is 2.61. The lowest BCUT2D eigenvalue weighted by Crippen LogP contribution is -2.63. The van der Waals surface area contributed by atoms with E-state index < -0.39 is 70.0 Å². The van der Waals surface area contributed by atoms with Crippen LogP contribution in [0.1, 0.15) is 41.0 Å². The van der Waals surface area contributed by atoms with E-state index in [0.717, 1.165) is 0 Å². The van der Waals surface area contributed by atoms with Crippen molar-refractivity contribution in [2.75, 3.05) is 0 Å². The Morgan fingerprint density at radius 3 is 1.59 bits per heavy atom. The van der Waals surface area contributed by atoms with E-state index in [0.29, 0.717) is 0 Å². The van der Waals surface area contributed by atoms with Crippen LogP contribution in [0.25, 0.3) is 0 Å². The zero-order chi connectivity index (χ0) is 20.9. The Morgan fingerprint density at radius 1 is 0.815 bits per heavy atom. The molecule has 1 aliphatic rings. The lowest BCUT2D eigenvalue weighted by molar-refractivity contribution is -0.230. The highest BCUT2D eigenvalue weighted by Crippen LogP contribution is 2.51. The Labute approximate surface area is 151 Å². The van der Waals surface area contributed by atoms with Crippen molar-refractivity contribution in [3.8, 4) is 5.75 Å². The number of halogens is 5. The third-order valence-corrected chi connectivity index (χ3v) is 5.22. The fourth-order valence-electron chi connectivity index (χ4n) is 2.93. The normalized spacial score (nSPS) is 19.9. The molecule has 0 unspecified atom stereocenters. The summed E-state index contributed by atoms with van der Waals surface area (Å²) in [7, 11) is 0. The van der Waals surface area contributed by atoms with Gasteiger partial charge in [-0.05, 0) is 27.7 Å². The van der Waals surface area contributed by atoms with Crippen LogP contribution in [-0.2, 0) is 14.3 Å². The molecule has 0 saturated carbocycles. The number of carbonyl (C=O) groups excluding carboxylic acids is 2. The molecule has 27 heavy (non-hydrogen) atoms. The van der Waals surface area contributed by atoms with Crippen molar-refractivity contribution in [2.45, 2.75) is 52.2 Å². The minimum Gasteiger partial charge on any atom is -0.427 e. The van der Waals surface area contributed by atoms with E-state index in [-0.39, 0.29) is 0 Å². The Hall–Kier alpha value is -2.39. The predicted molar refractivity (Wildman–Crippen MR) is 80.3 cm³/mol. The maximum Gasteiger partial charge on any atom is 0.509 e. The molecule has 5 nitrogen and oxygen atoms in total. The quantitative estimate of drug-likeness (QED) is 0.249. The van der Waals surface area contributed by atoms with Crippen LogP contribution in [0.15, 0.2) is 0 Å². The van der Waals surface area contributed by atoms with Crippen molar-refractivity contribution in [2.24, 2.45) is 5.41 Å². The van der Waals surface area contributed by atoms with Gasteiger partial charge in [-0.2, -0.15) is 8.78 Å². The van der Waals surface area contributed by atoms with Gasteiger partial charge in [0, 0.05) is 0 Å². The van der Waals surface area contributed by atoms with E-state index in [2.05, 4.69) is 4.74 Å². The van der Waals surface area contributed by atoms with Gasteiger partial charge in [0.1, 0.15) is 11.2 Å². The average molecular weight is 396 g/mol. The highest BCUT2D eigenvalue weighted by molar-refractivity contribution is 5.74. The molecule has 0 amide bonds. The first-order valence-corrected chi connectivity index (χ1v) is 7.79. The van der Waals surface area contributed by atoms with Gasteiger partial charge in [-0.1, -0.05) is 6.92 Å². The molecule has 0 N–H and O–H groups in total. The summed E-state index contributed by atoms with van der Waals surface area (Å²) < 4.78 is 81.6. The van der Waals surface area contributed by atoms with E-state index in [1.165, 1.54) is 34.6 Å². The molecule has 0 spiro atoms.